The van der Waals surface area contributed by atoms with Crippen LogP contribution in [0.2, 0.25) is 0 Å². The van der Waals surface area contributed by atoms with Crippen LogP contribution in [-0.2, 0) is 11.3 Å². The Balaban J connectivity index is 1.96. The summed E-state index contributed by atoms with van der Waals surface area (Å²) in [7, 11) is 3.22. The number of methoxy groups -OCH3 is 2. The molecule has 0 radical (unpaired) electrons. The highest BCUT2D eigenvalue weighted by Crippen LogP contribution is 2.30. The summed E-state index contributed by atoms with van der Waals surface area (Å²) in [5.41, 5.74) is 0.855. The van der Waals surface area contributed by atoms with E-state index in [1.54, 1.807) is 26.5 Å². The van der Waals surface area contributed by atoms with Crippen LogP contribution in [0.3, 0.4) is 0 Å². The minimum atomic E-state index is -0.704. The molecule has 1 aromatic rings. The average Bonchev–Trinajstić information content (AvgIpc) is 2.48. The van der Waals surface area contributed by atoms with E-state index in [2.05, 4.69) is 9.88 Å². The molecule has 6 nitrogen and oxygen atoms in total. The predicted octanol–water partition coefficient (Wildman–Crippen LogP) is 1.79. The summed E-state index contributed by atoms with van der Waals surface area (Å²) in [6.45, 7) is 2.47. The van der Waals surface area contributed by atoms with Crippen molar-refractivity contribution in [1.29, 1.82) is 0 Å². The fraction of sp³-hybridized carbons (Fsp3) is 0.600. The molecule has 0 unspecified atom stereocenters. The number of hydrogen-bond donors (Lipinski definition) is 1. The van der Waals surface area contributed by atoms with E-state index in [-0.39, 0.29) is 6.42 Å². The number of rotatable bonds is 6. The summed E-state index contributed by atoms with van der Waals surface area (Å²) < 4.78 is 10.7. The lowest BCUT2D eigenvalue weighted by molar-refractivity contribution is -0.138. The molecule has 2 heterocycles. The molecule has 1 fully saturated rings. The van der Waals surface area contributed by atoms with Crippen LogP contribution in [-0.4, -0.2) is 48.3 Å². The Morgan fingerprint density at radius 2 is 2.10 bits per heavy atom. The third-order valence-electron chi connectivity index (χ3n) is 3.91. The smallest absolute Gasteiger partial charge is 0.303 e. The van der Waals surface area contributed by atoms with Crippen molar-refractivity contribution in [1.82, 2.24) is 9.88 Å². The normalized spacial score (nSPS) is 16.7. The number of aliphatic carboxylic acids is 1. The van der Waals surface area contributed by atoms with Crippen LogP contribution < -0.4 is 9.47 Å². The largest absolute Gasteiger partial charge is 0.493 e. The summed E-state index contributed by atoms with van der Waals surface area (Å²) in [6.07, 6.45) is 3.82. The molecule has 6 heteroatoms. The van der Waals surface area contributed by atoms with Crippen molar-refractivity contribution < 1.29 is 19.4 Å². The highest BCUT2D eigenvalue weighted by atomic mass is 16.5. The van der Waals surface area contributed by atoms with Gasteiger partial charge in [0.25, 0.3) is 0 Å². The van der Waals surface area contributed by atoms with Crippen LogP contribution in [0.15, 0.2) is 12.3 Å². The zero-order valence-corrected chi connectivity index (χ0v) is 12.5. The number of pyridine rings is 1. The van der Waals surface area contributed by atoms with Gasteiger partial charge in [-0.05, 0) is 31.8 Å². The quantitative estimate of drug-likeness (QED) is 0.862. The molecule has 1 aliphatic rings. The molecule has 116 valence electrons. The Morgan fingerprint density at radius 3 is 2.67 bits per heavy atom. The molecule has 0 amide bonds. The maximum Gasteiger partial charge on any atom is 0.303 e. The van der Waals surface area contributed by atoms with Gasteiger partial charge in [-0.15, -0.1) is 0 Å². The molecule has 21 heavy (non-hydrogen) atoms. The van der Waals surface area contributed by atoms with Gasteiger partial charge in [0.1, 0.15) is 5.69 Å². The molecule has 1 saturated heterocycles. The number of nitrogens with zero attached hydrogens (tertiary/aromatic N) is 2. The van der Waals surface area contributed by atoms with Crippen molar-refractivity contribution in [3.63, 3.8) is 0 Å². The fourth-order valence-corrected chi connectivity index (χ4v) is 2.77. The van der Waals surface area contributed by atoms with E-state index in [1.165, 1.54) is 0 Å². The number of piperidine rings is 1. The van der Waals surface area contributed by atoms with Crippen LogP contribution in [0.5, 0.6) is 11.5 Å². The maximum atomic E-state index is 10.7. The number of ether oxygens (including phenoxy) is 2. The van der Waals surface area contributed by atoms with Crippen molar-refractivity contribution >= 4 is 5.97 Å². The molecule has 0 aliphatic carbocycles. The second-order valence-corrected chi connectivity index (χ2v) is 5.31. The van der Waals surface area contributed by atoms with Crippen molar-refractivity contribution in [2.45, 2.75) is 25.8 Å². The molecule has 0 spiro atoms. The topological polar surface area (TPSA) is 71.9 Å². The predicted molar refractivity (Wildman–Crippen MR) is 77.6 cm³/mol. The standard InChI is InChI=1S/C15H22N2O4/c1-20-13-3-6-16-12(15(13)21-2)10-17-7-4-11(5-8-17)9-14(18)19/h3,6,11H,4-5,7-10H2,1-2H3,(H,18,19). The average molecular weight is 294 g/mol. The SMILES string of the molecule is COc1ccnc(CN2CCC(CC(=O)O)CC2)c1OC. The Morgan fingerprint density at radius 1 is 1.38 bits per heavy atom. The second kappa shape index (κ2) is 7.26. The zero-order valence-electron chi connectivity index (χ0n) is 12.5. The summed E-state index contributed by atoms with van der Waals surface area (Å²) in [4.78, 5) is 17.4. The van der Waals surface area contributed by atoms with Crippen LogP contribution >= 0.6 is 0 Å². The summed E-state index contributed by atoms with van der Waals surface area (Å²) in [6, 6.07) is 1.78. The van der Waals surface area contributed by atoms with E-state index in [1.807, 2.05) is 0 Å². The Kier molecular flexibility index (Phi) is 5.38. The second-order valence-electron chi connectivity index (χ2n) is 5.31. The van der Waals surface area contributed by atoms with Gasteiger partial charge in [0.15, 0.2) is 11.5 Å². The van der Waals surface area contributed by atoms with Crippen molar-refractivity contribution in [2.24, 2.45) is 5.92 Å². The minimum Gasteiger partial charge on any atom is -0.493 e. The van der Waals surface area contributed by atoms with Gasteiger partial charge in [-0.25, -0.2) is 0 Å². The van der Waals surface area contributed by atoms with E-state index in [0.29, 0.717) is 24.0 Å². The first-order valence-electron chi connectivity index (χ1n) is 7.14. The molecule has 0 saturated carbocycles. The van der Waals surface area contributed by atoms with E-state index < -0.39 is 5.97 Å². The fourth-order valence-electron chi connectivity index (χ4n) is 2.77. The molecule has 0 bridgehead atoms. The van der Waals surface area contributed by atoms with E-state index in [0.717, 1.165) is 31.6 Å². The lowest BCUT2D eigenvalue weighted by atomic mass is 9.93. The lowest BCUT2D eigenvalue weighted by Crippen LogP contribution is -2.34. The van der Waals surface area contributed by atoms with Crippen LogP contribution in [0, 0.1) is 5.92 Å². The maximum absolute atomic E-state index is 10.7. The lowest BCUT2D eigenvalue weighted by Gasteiger charge is -2.31. The number of aromatic nitrogens is 1. The third kappa shape index (κ3) is 4.07. The Labute approximate surface area is 124 Å². The molecule has 2 rings (SSSR count). The van der Waals surface area contributed by atoms with Crippen molar-refractivity contribution in [3.05, 3.63) is 18.0 Å². The van der Waals surface area contributed by atoms with Crippen molar-refractivity contribution in [3.8, 4) is 11.5 Å². The number of carboxylic acids is 1. The van der Waals surface area contributed by atoms with Gasteiger partial charge in [-0.1, -0.05) is 0 Å². The number of hydrogen-bond acceptors (Lipinski definition) is 5. The summed E-state index contributed by atoms with van der Waals surface area (Å²) >= 11 is 0. The van der Waals surface area contributed by atoms with Gasteiger partial charge in [0.05, 0.1) is 14.2 Å². The number of carbonyl (C=O) groups is 1. The minimum absolute atomic E-state index is 0.272. The van der Waals surface area contributed by atoms with E-state index in [4.69, 9.17) is 14.6 Å². The first kappa shape index (κ1) is 15.6. The van der Waals surface area contributed by atoms with Crippen LogP contribution in [0.25, 0.3) is 0 Å². The number of likely N-dealkylation sites (tertiary alicyclic amines) is 1. The molecule has 1 N–H and O–H groups in total. The first-order chi connectivity index (χ1) is 10.1. The van der Waals surface area contributed by atoms with E-state index in [9.17, 15) is 4.79 Å². The van der Waals surface area contributed by atoms with Gasteiger partial charge in [-0.2, -0.15) is 0 Å². The van der Waals surface area contributed by atoms with Gasteiger partial charge < -0.3 is 14.6 Å². The number of carboxylic acid groups (broad SMARTS) is 1. The monoisotopic (exact) mass is 294 g/mol. The Hall–Kier alpha value is -1.82. The van der Waals surface area contributed by atoms with Gasteiger partial charge >= 0.3 is 5.97 Å². The molecular formula is C15H22N2O4. The van der Waals surface area contributed by atoms with Crippen molar-refractivity contribution in [2.75, 3.05) is 27.3 Å². The molecule has 1 aliphatic heterocycles. The highest BCUT2D eigenvalue weighted by Gasteiger charge is 2.23. The third-order valence-corrected chi connectivity index (χ3v) is 3.91. The Bertz CT molecular complexity index is 485. The summed E-state index contributed by atoms with van der Waals surface area (Å²) in [5, 5.41) is 8.84. The summed E-state index contributed by atoms with van der Waals surface area (Å²) in [5.74, 6) is 0.944. The highest BCUT2D eigenvalue weighted by molar-refractivity contribution is 5.67. The van der Waals surface area contributed by atoms with Crippen LogP contribution in [0.4, 0.5) is 0 Å². The van der Waals surface area contributed by atoms with Gasteiger partial charge in [0.2, 0.25) is 0 Å². The molecule has 0 atom stereocenters. The van der Waals surface area contributed by atoms with Crippen LogP contribution in [0.1, 0.15) is 25.0 Å². The first-order valence-corrected chi connectivity index (χ1v) is 7.14. The molecule has 0 aromatic carbocycles. The zero-order chi connectivity index (χ0) is 15.2. The molecule has 1 aromatic heterocycles. The van der Waals surface area contributed by atoms with E-state index >= 15 is 0 Å². The molecular weight excluding hydrogens is 272 g/mol. The van der Waals surface area contributed by atoms with Gasteiger partial charge in [-0.3, -0.25) is 14.7 Å². The van der Waals surface area contributed by atoms with Gasteiger partial charge in [0, 0.05) is 25.2 Å².